The first-order valence-electron chi connectivity index (χ1n) is 8.43. The number of nitrogens with one attached hydrogen (secondary N) is 3. The van der Waals surface area contributed by atoms with Crippen molar-refractivity contribution in [1.82, 2.24) is 20.9 Å². The Morgan fingerprint density at radius 1 is 1.14 bits per heavy atom. The van der Waals surface area contributed by atoms with E-state index >= 15 is 0 Å². The van der Waals surface area contributed by atoms with E-state index in [-0.39, 0.29) is 11.8 Å². The summed E-state index contributed by atoms with van der Waals surface area (Å²) in [6, 6.07) is 1.11. The molecule has 3 N–H and O–H groups in total. The van der Waals surface area contributed by atoms with Gasteiger partial charge in [0.25, 0.3) is 0 Å². The predicted octanol–water partition coefficient (Wildman–Crippen LogP) is 0.796. The molecule has 1 saturated heterocycles. The molecule has 1 rings (SSSR count). The molecule has 128 valence electrons. The van der Waals surface area contributed by atoms with E-state index in [9.17, 15) is 4.79 Å². The molecular formula is C16H33N5O. The highest BCUT2D eigenvalue weighted by Crippen LogP contribution is 2.12. The molecule has 1 fully saturated rings. The molecule has 0 aromatic rings. The number of hydrogen-bond acceptors (Lipinski definition) is 3. The summed E-state index contributed by atoms with van der Waals surface area (Å²) in [7, 11) is 1.78. The summed E-state index contributed by atoms with van der Waals surface area (Å²) < 4.78 is 0. The molecule has 0 bridgehead atoms. The smallest absolute Gasteiger partial charge is 0.222 e. The highest BCUT2D eigenvalue weighted by atomic mass is 16.1. The summed E-state index contributed by atoms with van der Waals surface area (Å²) >= 11 is 0. The topological polar surface area (TPSA) is 68.8 Å². The predicted molar refractivity (Wildman–Crippen MR) is 92.1 cm³/mol. The third kappa shape index (κ3) is 6.64. The van der Waals surface area contributed by atoms with Gasteiger partial charge in [0.1, 0.15) is 0 Å². The van der Waals surface area contributed by atoms with Crippen LogP contribution < -0.4 is 16.0 Å². The molecule has 0 spiro atoms. The summed E-state index contributed by atoms with van der Waals surface area (Å²) in [6.45, 7) is 11.9. The average Bonchev–Trinajstić information content (AvgIpc) is 2.50. The Balaban J connectivity index is 2.22. The first-order valence-corrected chi connectivity index (χ1v) is 8.43. The number of hydrogen-bond donors (Lipinski definition) is 3. The van der Waals surface area contributed by atoms with E-state index in [0.717, 1.165) is 31.9 Å². The van der Waals surface area contributed by atoms with E-state index in [4.69, 9.17) is 0 Å². The van der Waals surface area contributed by atoms with Gasteiger partial charge in [-0.3, -0.25) is 9.79 Å². The van der Waals surface area contributed by atoms with Crippen molar-refractivity contribution in [1.29, 1.82) is 0 Å². The minimum atomic E-state index is 0.0311. The second-order valence-electron chi connectivity index (χ2n) is 6.49. The molecular weight excluding hydrogens is 278 g/mol. The SMILES string of the molecule is CN=C(NCCNC(=O)C(C)C)NC1CCN(C(C)C)CC1. The Morgan fingerprint density at radius 3 is 2.23 bits per heavy atom. The van der Waals surface area contributed by atoms with Gasteiger partial charge in [0.05, 0.1) is 0 Å². The number of rotatable bonds is 6. The zero-order valence-electron chi connectivity index (χ0n) is 14.8. The van der Waals surface area contributed by atoms with E-state index in [1.54, 1.807) is 7.05 Å². The largest absolute Gasteiger partial charge is 0.355 e. The number of carbonyl (C=O) groups is 1. The van der Waals surface area contributed by atoms with Crippen molar-refractivity contribution in [2.24, 2.45) is 10.9 Å². The molecule has 6 nitrogen and oxygen atoms in total. The number of likely N-dealkylation sites (tertiary alicyclic amines) is 1. The lowest BCUT2D eigenvalue weighted by Gasteiger charge is -2.35. The van der Waals surface area contributed by atoms with Crippen LogP contribution in [0.1, 0.15) is 40.5 Å². The third-order valence-corrected chi connectivity index (χ3v) is 4.07. The maximum atomic E-state index is 11.5. The van der Waals surface area contributed by atoms with E-state index in [2.05, 4.69) is 39.7 Å². The van der Waals surface area contributed by atoms with Gasteiger partial charge in [-0.1, -0.05) is 13.8 Å². The highest BCUT2D eigenvalue weighted by molar-refractivity contribution is 5.80. The van der Waals surface area contributed by atoms with Crippen molar-refractivity contribution in [3.8, 4) is 0 Å². The van der Waals surface area contributed by atoms with Crippen molar-refractivity contribution in [2.75, 3.05) is 33.2 Å². The second kappa shape index (κ2) is 9.66. The average molecular weight is 311 g/mol. The molecule has 1 aliphatic heterocycles. The quantitative estimate of drug-likeness (QED) is 0.385. The van der Waals surface area contributed by atoms with E-state index in [1.165, 1.54) is 0 Å². The summed E-state index contributed by atoms with van der Waals surface area (Å²) in [6.07, 6.45) is 2.28. The molecule has 0 saturated carbocycles. The maximum absolute atomic E-state index is 11.5. The van der Waals surface area contributed by atoms with Gasteiger partial charge in [0, 0.05) is 51.2 Å². The summed E-state index contributed by atoms with van der Waals surface area (Å²) in [5.74, 6) is 0.941. The van der Waals surface area contributed by atoms with Crippen LogP contribution in [0.25, 0.3) is 0 Å². The third-order valence-electron chi connectivity index (χ3n) is 4.07. The number of piperidine rings is 1. The maximum Gasteiger partial charge on any atom is 0.222 e. The minimum Gasteiger partial charge on any atom is -0.355 e. The van der Waals surface area contributed by atoms with Gasteiger partial charge in [-0.2, -0.15) is 0 Å². The van der Waals surface area contributed by atoms with Gasteiger partial charge >= 0.3 is 0 Å². The molecule has 1 aliphatic rings. The van der Waals surface area contributed by atoms with Gasteiger partial charge in [-0.25, -0.2) is 0 Å². The van der Waals surface area contributed by atoms with Gasteiger partial charge < -0.3 is 20.9 Å². The Bertz CT molecular complexity index is 360. The minimum absolute atomic E-state index is 0.0311. The fourth-order valence-electron chi connectivity index (χ4n) is 2.52. The van der Waals surface area contributed by atoms with Gasteiger partial charge in [-0.05, 0) is 26.7 Å². The van der Waals surface area contributed by atoms with E-state index in [0.29, 0.717) is 25.2 Å². The number of carbonyl (C=O) groups excluding carboxylic acids is 1. The molecule has 0 aromatic heterocycles. The van der Waals surface area contributed by atoms with Crippen LogP contribution in [-0.4, -0.2) is 62.1 Å². The van der Waals surface area contributed by atoms with Gasteiger partial charge in [-0.15, -0.1) is 0 Å². The van der Waals surface area contributed by atoms with Gasteiger partial charge in [0.15, 0.2) is 5.96 Å². The normalized spacial score (nSPS) is 17.9. The molecule has 0 unspecified atom stereocenters. The summed E-state index contributed by atoms with van der Waals surface area (Å²) in [5.41, 5.74) is 0. The Hall–Kier alpha value is -1.30. The fourth-order valence-corrected chi connectivity index (χ4v) is 2.52. The highest BCUT2D eigenvalue weighted by Gasteiger charge is 2.21. The van der Waals surface area contributed by atoms with Crippen LogP contribution in [0.4, 0.5) is 0 Å². The van der Waals surface area contributed by atoms with Crippen molar-refractivity contribution in [3.05, 3.63) is 0 Å². The summed E-state index contributed by atoms with van der Waals surface area (Å²) in [4.78, 5) is 18.2. The monoisotopic (exact) mass is 311 g/mol. The van der Waals surface area contributed by atoms with Crippen molar-refractivity contribution < 1.29 is 4.79 Å². The number of nitrogens with zero attached hydrogens (tertiary/aromatic N) is 2. The molecule has 0 atom stereocenters. The van der Waals surface area contributed by atoms with E-state index in [1.807, 2.05) is 13.8 Å². The van der Waals surface area contributed by atoms with Crippen LogP contribution in [-0.2, 0) is 4.79 Å². The Labute approximate surface area is 135 Å². The molecule has 0 aromatic carbocycles. The number of guanidine groups is 1. The van der Waals surface area contributed by atoms with Crippen LogP contribution >= 0.6 is 0 Å². The van der Waals surface area contributed by atoms with Crippen LogP contribution in [0.2, 0.25) is 0 Å². The molecule has 1 heterocycles. The molecule has 0 aliphatic carbocycles. The first-order chi connectivity index (χ1) is 10.4. The lowest BCUT2D eigenvalue weighted by atomic mass is 10.0. The lowest BCUT2D eigenvalue weighted by molar-refractivity contribution is -0.123. The number of amides is 1. The summed E-state index contributed by atoms with van der Waals surface area (Å²) in [5, 5.41) is 9.62. The van der Waals surface area contributed by atoms with Crippen LogP contribution in [0.15, 0.2) is 4.99 Å². The molecule has 22 heavy (non-hydrogen) atoms. The first kappa shape index (κ1) is 18.7. The van der Waals surface area contributed by atoms with Crippen LogP contribution in [0, 0.1) is 5.92 Å². The Morgan fingerprint density at radius 2 is 1.73 bits per heavy atom. The standard InChI is InChI=1S/C16H33N5O/c1-12(2)15(22)18-8-9-19-16(17-5)20-14-6-10-21(11-7-14)13(3)4/h12-14H,6-11H2,1-5H3,(H,18,22)(H2,17,19,20). The van der Waals surface area contributed by atoms with Crippen LogP contribution in [0.5, 0.6) is 0 Å². The lowest BCUT2D eigenvalue weighted by Crippen LogP contribution is -2.50. The zero-order valence-corrected chi connectivity index (χ0v) is 14.8. The second-order valence-corrected chi connectivity index (χ2v) is 6.49. The van der Waals surface area contributed by atoms with Crippen molar-refractivity contribution in [3.63, 3.8) is 0 Å². The molecule has 6 heteroatoms. The van der Waals surface area contributed by atoms with E-state index < -0.39 is 0 Å². The van der Waals surface area contributed by atoms with Crippen molar-refractivity contribution in [2.45, 2.75) is 52.6 Å². The van der Waals surface area contributed by atoms with Crippen molar-refractivity contribution >= 4 is 11.9 Å². The zero-order chi connectivity index (χ0) is 16.5. The molecule has 1 amide bonds. The van der Waals surface area contributed by atoms with Crippen LogP contribution in [0.3, 0.4) is 0 Å². The molecule has 0 radical (unpaired) electrons. The number of aliphatic imine (C=N–C) groups is 1. The fraction of sp³-hybridized carbons (Fsp3) is 0.875. The van der Waals surface area contributed by atoms with Gasteiger partial charge in [0.2, 0.25) is 5.91 Å². The Kier molecular flexibility index (Phi) is 8.24.